The van der Waals surface area contributed by atoms with E-state index in [1.807, 2.05) is 44.2 Å². The second kappa shape index (κ2) is 8.28. The maximum atomic E-state index is 12.5. The number of amides is 1. The van der Waals surface area contributed by atoms with Crippen molar-refractivity contribution in [3.05, 3.63) is 86.0 Å². The van der Waals surface area contributed by atoms with Crippen molar-refractivity contribution < 1.29 is 4.79 Å². The molecular formula is C24H22BrN3OS. The fourth-order valence-corrected chi connectivity index (χ4v) is 4.77. The number of carbonyl (C=O) groups is 1. The minimum absolute atomic E-state index is 0.114. The smallest absolute Gasteiger partial charge is 0.264 e. The molecule has 0 aliphatic carbocycles. The van der Waals surface area contributed by atoms with E-state index in [-0.39, 0.29) is 5.91 Å². The molecule has 1 saturated heterocycles. The highest BCUT2D eigenvalue weighted by Gasteiger charge is 2.24. The average molecular weight is 480 g/mol. The number of aromatic nitrogens is 1. The number of nitrogens with zero attached hydrogens (tertiary/aromatic N) is 2. The van der Waals surface area contributed by atoms with E-state index in [0.717, 1.165) is 43.9 Å². The third-order valence-corrected chi connectivity index (χ3v) is 6.37. The van der Waals surface area contributed by atoms with Gasteiger partial charge in [-0.15, -0.1) is 0 Å². The maximum Gasteiger partial charge on any atom is 0.264 e. The van der Waals surface area contributed by atoms with Crippen LogP contribution in [0.15, 0.2) is 62.9 Å². The number of carbonyl (C=O) groups excluding carboxylic acids is 1. The van der Waals surface area contributed by atoms with E-state index < -0.39 is 0 Å². The number of rotatable bonds is 3. The Labute approximate surface area is 189 Å². The van der Waals surface area contributed by atoms with Crippen LogP contribution in [0.5, 0.6) is 0 Å². The summed E-state index contributed by atoms with van der Waals surface area (Å²) in [7, 11) is 0. The van der Waals surface area contributed by atoms with Gasteiger partial charge in [-0.2, -0.15) is 0 Å². The number of amidine groups is 1. The molecule has 2 heterocycles. The molecule has 0 unspecified atom stereocenters. The Morgan fingerprint density at radius 1 is 1.00 bits per heavy atom. The molecule has 1 aromatic heterocycles. The van der Waals surface area contributed by atoms with Gasteiger partial charge in [0.25, 0.3) is 5.91 Å². The SMILES string of the molecule is Cc1cc(C)cc(N=C2NC(=O)/C(=C\c3cc(C)n(-c4ccc(Br)cc4)c3C)S2)c1. The van der Waals surface area contributed by atoms with Crippen molar-refractivity contribution in [1.29, 1.82) is 0 Å². The molecule has 0 atom stereocenters. The minimum atomic E-state index is -0.114. The summed E-state index contributed by atoms with van der Waals surface area (Å²) in [6, 6.07) is 16.5. The number of benzene rings is 2. The van der Waals surface area contributed by atoms with Gasteiger partial charge >= 0.3 is 0 Å². The molecule has 0 radical (unpaired) electrons. The van der Waals surface area contributed by atoms with Gasteiger partial charge in [-0.05, 0) is 105 Å². The van der Waals surface area contributed by atoms with Crippen LogP contribution in [0.4, 0.5) is 5.69 Å². The summed E-state index contributed by atoms with van der Waals surface area (Å²) < 4.78 is 3.24. The van der Waals surface area contributed by atoms with Gasteiger partial charge in [0.2, 0.25) is 0 Å². The third-order valence-electron chi connectivity index (χ3n) is 4.93. The molecule has 0 saturated carbocycles. The summed E-state index contributed by atoms with van der Waals surface area (Å²) in [5, 5.41) is 3.49. The predicted molar refractivity (Wildman–Crippen MR) is 130 cm³/mol. The van der Waals surface area contributed by atoms with Gasteiger partial charge in [0.05, 0.1) is 10.6 Å². The Morgan fingerprint density at radius 3 is 2.33 bits per heavy atom. The molecule has 30 heavy (non-hydrogen) atoms. The first-order chi connectivity index (χ1) is 14.3. The van der Waals surface area contributed by atoms with E-state index in [4.69, 9.17) is 0 Å². The number of halogens is 1. The number of hydrogen-bond donors (Lipinski definition) is 1. The van der Waals surface area contributed by atoms with Gasteiger partial charge in [-0.3, -0.25) is 4.79 Å². The lowest BCUT2D eigenvalue weighted by molar-refractivity contribution is -0.115. The standard InChI is InChI=1S/C24H22BrN3OS/c1-14-9-15(2)11-20(10-14)26-24-27-23(29)22(30-24)13-18-12-16(3)28(17(18)4)21-7-5-19(25)6-8-21/h5-13H,1-4H3,(H,26,27,29)/b22-13+. The molecule has 0 bridgehead atoms. The van der Waals surface area contributed by atoms with Gasteiger partial charge < -0.3 is 9.88 Å². The van der Waals surface area contributed by atoms with Crippen LogP contribution in [0, 0.1) is 27.7 Å². The lowest BCUT2D eigenvalue weighted by Gasteiger charge is -2.09. The molecule has 1 aliphatic heterocycles. The Kier molecular flexibility index (Phi) is 5.71. The first kappa shape index (κ1) is 20.7. The third kappa shape index (κ3) is 4.30. The normalized spacial score (nSPS) is 16.5. The molecule has 1 amide bonds. The Balaban J connectivity index is 1.64. The highest BCUT2D eigenvalue weighted by atomic mass is 79.9. The first-order valence-electron chi connectivity index (χ1n) is 9.63. The lowest BCUT2D eigenvalue weighted by atomic mass is 10.1. The van der Waals surface area contributed by atoms with Crippen molar-refractivity contribution in [3.63, 3.8) is 0 Å². The van der Waals surface area contributed by atoms with Crippen LogP contribution in [0.25, 0.3) is 11.8 Å². The summed E-state index contributed by atoms with van der Waals surface area (Å²) in [6.07, 6.45) is 1.95. The summed E-state index contributed by atoms with van der Waals surface area (Å²) in [5.74, 6) is -0.114. The van der Waals surface area contributed by atoms with Crippen LogP contribution < -0.4 is 5.32 Å². The zero-order valence-corrected chi connectivity index (χ0v) is 19.7. The number of hydrogen-bond acceptors (Lipinski definition) is 3. The Morgan fingerprint density at radius 2 is 1.67 bits per heavy atom. The minimum Gasteiger partial charge on any atom is -0.318 e. The fourth-order valence-electron chi connectivity index (χ4n) is 3.68. The summed E-state index contributed by atoms with van der Waals surface area (Å²) in [6.45, 7) is 8.24. The molecule has 0 spiro atoms. The van der Waals surface area contributed by atoms with Gasteiger partial charge in [-0.1, -0.05) is 22.0 Å². The van der Waals surface area contributed by atoms with E-state index in [0.29, 0.717) is 10.1 Å². The molecule has 6 heteroatoms. The van der Waals surface area contributed by atoms with Crippen molar-refractivity contribution in [2.24, 2.45) is 4.99 Å². The molecule has 4 rings (SSSR count). The van der Waals surface area contributed by atoms with Crippen molar-refractivity contribution in [1.82, 2.24) is 9.88 Å². The molecule has 1 aliphatic rings. The van der Waals surface area contributed by atoms with Gasteiger partial charge in [0.15, 0.2) is 5.17 Å². The van der Waals surface area contributed by atoms with Crippen LogP contribution in [0.2, 0.25) is 0 Å². The van der Waals surface area contributed by atoms with E-state index in [1.54, 1.807) is 0 Å². The molecule has 2 aromatic carbocycles. The van der Waals surface area contributed by atoms with Crippen LogP contribution in [-0.4, -0.2) is 15.6 Å². The van der Waals surface area contributed by atoms with Crippen LogP contribution in [0.3, 0.4) is 0 Å². The zero-order chi connectivity index (χ0) is 21.4. The number of nitrogens with one attached hydrogen (secondary N) is 1. The number of aryl methyl sites for hydroxylation is 3. The molecule has 1 fully saturated rings. The second-order valence-corrected chi connectivity index (χ2v) is 9.41. The van der Waals surface area contributed by atoms with Crippen molar-refractivity contribution in [2.45, 2.75) is 27.7 Å². The van der Waals surface area contributed by atoms with Crippen molar-refractivity contribution in [2.75, 3.05) is 0 Å². The quantitative estimate of drug-likeness (QED) is 0.443. The topological polar surface area (TPSA) is 46.4 Å². The first-order valence-corrected chi connectivity index (χ1v) is 11.2. The molecule has 1 N–H and O–H groups in total. The van der Waals surface area contributed by atoms with E-state index in [9.17, 15) is 4.79 Å². The number of aliphatic imine (C=N–C) groups is 1. The average Bonchev–Trinajstić information content (AvgIpc) is 3.14. The highest BCUT2D eigenvalue weighted by Crippen LogP contribution is 2.31. The van der Waals surface area contributed by atoms with E-state index in [1.165, 1.54) is 11.8 Å². The Hall–Kier alpha value is -2.57. The van der Waals surface area contributed by atoms with E-state index >= 15 is 0 Å². The largest absolute Gasteiger partial charge is 0.318 e. The summed E-state index contributed by atoms with van der Waals surface area (Å²) in [4.78, 5) is 17.8. The van der Waals surface area contributed by atoms with Crippen LogP contribution in [-0.2, 0) is 4.79 Å². The Bertz CT molecular complexity index is 1190. The van der Waals surface area contributed by atoms with Gasteiger partial charge in [0.1, 0.15) is 0 Å². The highest BCUT2D eigenvalue weighted by molar-refractivity contribution is 9.10. The molecule has 3 aromatic rings. The summed E-state index contributed by atoms with van der Waals surface area (Å²) >= 11 is 4.86. The second-order valence-electron chi connectivity index (χ2n) is 7.47. The molecule has 152 valence electrons. The zero-order valence-electron chi connectivity index (χ0n) is 17.3. The summed E-state index contributed by atoms with van der Waals surface area (Å²) in [5.41, 5.74) is 7.49. The molecular weight excluding hydrogens is 458 g/mol. The molecule has 4 nitrogen and oxygen atoms in total. The van der Waals surface area contributed by atoms with Crippen LogP contribution in [0.1, 0.15) is 28.1 Å². The van der Waals surface area contributed by atoms with Crippen LogP contribution >= 0.6 is 27.7 Å². The van der Waals surface area contributed by atoms with Crippen molar-refractivity contribution >= 4 is 50.5 Å². The van der Waals surface area contributed by atoms with Crippen molar-refractivity contribution in [3.8, 4) is 5.69 Å². The number of thioether (sulfide) groups is 1. The lowest BCUT2D eigenvalue weighted by Crippen LogP contribution is -2.19. The van der Waals surface area contributed by atoms with Gasteiger partial charge in [-0.25, -0.2) is 4.99 Å². The fraction of sp³-hybridized carbons (Fsp3) is 0.167. The van der Waals surface area contributed by atoms with Gasteiger partial charge in [0, 0.05) is 21.5 Å². The van der Waals surface area contributed by atoms with E-state index in [2.05, 4.69) is 68.9 Å². The maximum absolute atomic E-state index is 12.5. The monoisotopic (exact) mass is 479 g/mol. The predicted octanol–water partition coefficient (Wildman–Crippen LogP) is 6.37.